The highest BCUT2D eigenvalue weighted by Crippen LogP contribution is 2.47. The van der Waals surface area contributed by atoms with Gasteiger partial charge in [-0.15, -0.1) is 0 Å². The first-order chi connectivity index (χ1) is 16.5. The summed E-state index contributed by atoms with van der Waals surface area (Å²) in [5, 5.41) is 4.33. The summed E-state index contributed by atoms with van der Waals surface area (Å²) in [6.45, 7) is 6.06. The van der Waals surface area contributed by atoms with Gasteiger partial charge in [0, 0.05) is 29.6 Å². The number of nitrogens with zero attached hydrogens (tertiary/aromatic N) is 2. The van der Waals surface area contributed by atoms with Gasteiger partial charge in [-0.25, -0.2) is 4.79 Å². The molecule has 2 N–H and O–H groups in total. The van der Waals surface area contributed by atoms with E-state index in [1.54, 1.807) is 7.11 Å². The van der Waals surface area contributed by atoms with E-state index in [4.69, 9.17) is 4.74 Å². The van der Waals surface area contributed by atoms with Gasteiger partial charge in [0.15, 0.2) is 0 Å². The van der Waals surface area contributed by atoms with Crippen molar-refractivity contribution in [2.24, 2.45) is 0 Å². The standard InChI is InChI=1S/C27H32N4O3/c1-4-28-13-8-14-30-25(32)27(2)17-21-20-16-19(34-3)11-12-22(20)29-24(21)23(31(27)26(30)33)15-18-9-6-5-7-10-18/h5-7,9-12,16,23,28-29H,4,8,13-15,17H2,1-3H3/t23?,27-/m0/s1. The smallest absolute Gasteiger partial charge is 0.328 e. The molecule has 2 aromatic carbocycles. The first-order valence-corrected chi connectivity index (χ1v) is 12.1. The number of hydrogen-bond acceptors (Lipinski definition) is 4. The van der Waals surface area contributed by atoms with Crippen molar-refractivity contribution in [2.45, 2.75) is 44.7 Å². The van der Waals surface area contributed by atoms with E-state index in [0.717, 1.165) is 53.0 Å². The Bertz CT molecular complexity index is 1220. The molecule has 1 saturated heterocycles. The number of nitrogens with one attached hydrogen (secondary N) is 2. The quantitative estimate of drug-likeness (QED) is 0.393. The number of methoxy groups -OCH3 is 1. The Balaban J connectivity index is 1.59. The average Bonchev–Trinajstić information content (AvgIpc) is 3.29. The van der Waals surface area contributed by atoms with Crippen molar-refractivity contribution < 1.29 is 14.3 Å². The van der Waals surface area contributed by atoms with Gasteiger partial charge < -0.3 is 19.9 Å². The molecule has 1 unspecified atom stereocenters. The number of aromatic amines is 1. The first-order valence-electron chi connectivity index (χ1n) is 12.1. The van der Waals surface area contributed by atoms with Crippen molar-refractivity contribution in [1.82, 2.24) is 20.1 Å². The van der Waals surface area contributed by atoms with Gasteiger partial charge in [-0.3, -0.25) is 9.69 Å². The maximum atomic E-state index is 13.7. The van der Waals surface area contributed by atoms with Gasteiger partial charge in [0.2, 0.25) is 0 Å². The lowest BCUT2D eigenvalue weighted by Crippen LogP contribution is -2.53. The summed E-state index contributed by atoms with van der Waals surface area (Å²) in [7, 11) is 1.66. The zero-order valence-electron chi connectivity index (χ0n) is 20.1. The zero-order chi connectivity index (χ0) is 23.9. The van der Waals surface area contributed by atoms with E-state index in [0.29, 0.717) is 19.4 Å². The molecule has 178 valence electrons. The van der Waals surface area contributed by atoms with Crippen molar-refractivity contribution in [3.63, 3.8) is 0 Å². The molecule has 34 heavy (non-hydrogen) atoms. The monoisotopic (exact) mass is 460 g/mol. The van der Waals surface area contributed by atoms with Crippen LogP contribution >= 0.6 is 0 Å². The molecule has 0 radical (unpaired) electrons. The number of benzene rings is 2. The fourth-order valence-corrected chi connectivity index (χ4v) is 5.55. The van der Waals surface area contributed by atoms with Crippen LogP contribution in [0.2, 0.25) is 0 Å². The van der Waals surface area contributed by atoms with Crippen LogP contribution in [-0.4, -0.2) is 59.0 Å². The predicted molar refractivity (Wildman–Crippen MR) is 132 cm³/mol. The SMILES string of the molecule is CCNCCCN1C(=O)N2C(Cc3ccccc3)c3[nH]c4ccc(OC)cc4c3C[C@@]2(C)C1=O. The summed E-state index contributed by atoms with van der Waals surface area (Å²) in [5.74, 6) is 0.676. The van der Waals surface area contributed by atoms with Crippen molar-refractivity contribution >= 4 is 22.8 Å². The van der Waals surface area contributed by atoms with E-state index < -0.39 is 5.54 Å². The van der Waals surface area contributed by atoms with Crippen LogP contribution in [0.5, 0.6) is 5.75 Å². The number of imide groups is 1. The second-order valence-electron chi connectivity index (χ2n) is 9.40. The summed E-state index contributed by atoms with van der Waals surface area (Å²) in [4.78, 5) is 34.3. The largest absolute Gasteiger partial charge is 0.497 e. The third-order valence-electron chi connectivity index (χ3n) is 7.24. The van der Waals surface area contributed by atoms with Crippen LogP contribution in [0.1, 0.15) is 43.1 Å². The normalized spacial score (nSPS) is 21.8. The second kappa shape index (κ2) is 8.80. The number of carbonyl (C=O) groups is 2. The van der Waals surface area contributed by atoms with E-state index >= 15 is 0 Å². The summed E-state index contributed by atoms with van der Waals surface area (Å²) in [5.41, 5.74) is 3.32. The highest BCUT2D eigenvalue weighted by atomic mass is 16.5. The number of carbonyl (C=O) groups excluding carboxylic acids is 2. The van der Waals surface area contributed by atoms with Crippen LogP contribution < -0.4 is 10.1 Å². The number of amides is 3. The van der Waals surface area contributed by atoms with Gasteiger partial charge in [0.1, 0.15) is 11.3 Å². The molecule has 3 amide bonds. The molecule has 1 aromatic heterocycles. The Morgan fingerprint density at radius 1 is 1.18 bits per heavy atom. The van der Waals surface area contributed by atoms with Crippen LogP contribution in [0, 0.1) is 0 Å². The minimum atomic E-state index is -0.917. The fraction of sp³-hybridized carbons (Fsp3) is 0.407. The highest BCUT2D eigenvalue weighted by Gasteiger charge is 2.59. The van der Waals surface area contributed by atoms with E-state index in [1.807, 2.05) is 48.2 Å². The Morgan fingerprint density at radius 3 is 2.71 bits per heavy atom. The van der Waals surface area contributed by atoms with Gasteiger partial charge in [0.25, 0.3) is 5.91 Å². The summed E-state index contributed by atoms with van der Waals surface area (Å²) >= 11 is 0. The number of H-pyrrole nitrogens is 1. The van der Waals surface area contributed by atoms with Gasteiger partial charge in [-0.05, 0) is 62.2 Å². The molecule has 7 nitrogen and oxygen atoms in total. The van der Waals surface area contributed by atoms with Gasteiger partial charge in [-0.2, -0.15) is 0 Å². The van der Waals surface area contributed by atoms with Crippen molar-refractivity contribution in [3.05, 3.63) is 65.4 Å². The van der Waals surface area contributed by atoms with Gasteiger partial charge in [-0.1, -0.05) is 37.3 Å². The van der Waals surface area contributed by atoms with E-state index in [9.17, 15) is 9.59 Å². The average molecular weight is 461 g/mol. The first kappa shape index (κ1) is 22.5. The van der Waals surface area contributed by atoms with E-state index in [-0.39, 0.29) is 18.0 Å². The number of fused-ring (bicyclic) bond motifs is 4. The van der Waals surface area contributed by atoms with Crippen LogP contribution in [-0.2, 0) is 17.6 Å². The topological polar surface area (TPSA) is 77.7 Å². The molecule has 2 aliphatic rings. The summed E-state index contributed by atoms with van der Waals surface area (Å²) in [6.07, 6.45) is 1.86. The van der Waals surface area contributed by atoms with Gasteiger partial charge in [0.05, 0.1) is 13.2 Å². The Kier molecular flexibility index (Phi) is 5.81. The van der Waals surface area contributed by atoms with Crippen molar-refractivity contribution in [1.29, 1.82) is 0 Å². The fourth-order valence-electron chi connectivity index (χ4n) is 5.55. The molecule has 0 saturated carbocycles. The van der Waals surface area contributed by atoms with Gasteiger partial charge >= 0.3 is 6.03 Å². The second-order valence-corrected chi connectivity index (χ2v) is 9.40. The third-order valence-corrected chi connectivity index (χ3v) is 7.24. The van der Waals surface area contributed by atoms with Crippen molar-refractivity contribution in [3.8, 4) is 5.75 Å². The lowest BCUT2D eigenvalue weighted by atomic mass is 9.81. The molecule has 3 aromatic rings. The molecule has 2 aliphatic heterocycles. The van der Waals surface area contributed by atoms with Crippen LogP contribution in [0.15, 0.2) is 48.5 Å². The van der Waals surface area contributed by atoms with Crippen LogP contribution in [0.3, 0.4) is 0 Å². The minimum absolute atomic E-state index is 0.102. The molecule has 3 heterocycles. The number of ether oxygens (including phenoxy) is 1. The molecule has 0 bridgehead atoms. The lowest BCUT2D eigenvalue weighted by molar-refractivity contribution is -0.133. The molecular weight excluding hydrogens is 428 g/mol. The Hall–Kier alpha value is -3.32. The maximum absolute atomic E-state index is 13.7. The summed E-state index contributed by atoms with van der Waals surface area (Å²) in [6, 6.07) is 15.7. The molecule has 0 aliphatic carbocycles. The highest BCUT2D eigenvalue weighted by molar-refractivity contribution is 6.08. The van der Waals surface area contributed by atoms with E-state index in [2.05, 4.69) is 29.4 Å². The molecule has 7 heteroatoms. The number of rotatable bonds is 8. The molecule has 2 atom stereocenters. The molecule has 5 rings (SSSR count). The zero-order valence-corrected chi connectivity index (χ0v) is 20.1. The Morgan fingerprint density at radius 2 is 1.97 bits per heavy atom. The summed E-state index contributed by atoms with van der Waals surface area (Å²) < 4.78 is 5.48. The maximum Gasteiger partial charge on any atom is 0.328 e. The predicted octanol–water partition coefficient (Wildman–Crippen LogP) is 4.04. The third kappa shape index (κ3) is 3.55. The number of urea groups is 1. The molecular formula is C27H32N4O3. The molecule has 0 spiro atoms. The lowest BCUT2D eigenvalue weighted by Gasteiger charge is -2.42. The minimum Gasteiger partial charge on any atom is -0.497 e. The van der Waals surface area contributed by atoms with Crippen LogP contribution in [0.25, 0.3) is 10.9 Å². The number of aromatic nitrogens is 1. The van der Waals surface area contributed by atoms with Crippen LogP contribution in [0.4, 0.5) is 4.79 Å². The van der Waals surface area contributed by atoms with Crippen molar-refractivity contribution in [2.75, 3.05) is 26.7 Å². The van der Waals surface area contributed by atoms with E-state index in [1.165, 1.54) is 4.90 Å². The Labute approximate surface area is 200 Å². The molecule has 1 fully saturated rings. The number of hydrogen-bond donors (Lipinski definition) is 2.